The number of amides is 2. The van der Waals surface area contributed by atoms with Gasteiger partial charge in [-0.25, -0.2) is 14.6 Å². The van der Waals surface area contributed by atoms with E-state index in [0.717, 1.165) is 12.8 Å². The van der Waals surface area contributed by atoms with Crippen molar-refractivity contribution in [2.75, 3.05) is 18.4 Å². The third-order valence-corrected chi connectivity index (χ3v) is 5.32. The van der Waals surface area contributed by atoms with Crippen LogP contribution in [-0.4, -0.2) is 57.2 Å². The largest absolute Gasteiger partial charge is 0.481 e. The lowest BCUT2D eigenvalue weighted by molar-refractivity contribution is -0.384. The van der Waals surface area contributed by atoms with E-state index in [1.807, 2.05) is 5.38 Å². The summed E-state index contributed by atoms with van der Waals surface area (Å²) in [5.41, 5.74) is 1.34. The predicted octanol–water partition coefficient (Wildman–Crippen LogP) is 2.92. The second-order valence-corrected chi connectivity index (χ2v) is 7.91. The van der Waals surface area contributed by atoms with Crippen molar-refractivity contribution < 1.29 is 29.5 Å². The zero-order valence-electron chi connectivity index (χ0n) is 17.7. The first-order valence-corrected chi connectivity index (χ1v) is 11.1. The number of nitrogens with zero attached hydrogens (tertiary/aromatic N) is 2. The molecule has 0 bridgehead atoms. The lowest BCUT2D eigenvalue weighted by Gasteiger charge is -2.14. The number of unbranched alkanes of at least 4 members (excludes halogenated alkanes) is 2. The van der Waals surface area contributed by atoms with E-state index >= 15 is 0 Å². The maximum absolute atomic E-state index is 11.8. The molecule has 0 aliphatic heterocycles. The molecule has 1 heterocycles. The average molecular weight is 480 g/mol. The van der Waals surface area contributed by atoms with Gasteiger partial charge in [0.25, 0.3) is 5.69 Å². The predicted molar refractivity (Wildman–Crippen MR) is 121 cm³/mol. The molecular weight excluding hydrogens is 454 g/mol. The van der Waals surface area contributed by atoms with E-state index in [9.17, 15) is 24.5 Å². The van der Waals surface area contributed by atoms with E-state index in [4.69, 9.17) is 10.2 Å². The molecule has 2 rings (SSSR count). The number of rotatable bonds is 14. The molecule has 33 heavy (non-hydrogen) atoms. The van der Waals surface area contributed by atoms with Crippen molar-refractivity contribution in [2.24, 2.45) is 0 Å². The van der Waals surface area contributed by atoms with Crippen molar-refractivity contribution in [1.29, 1.82) is 0 Å². The molecule has 178 valence electrons. The van der Waals surface area contributed by atoms with Gasteiger partial charge in [-0.05, 0) is 25.7 Å². The second-order valence-electron chi connectivity index (χ2n) is 7.06. The van der Waals surface area contributed by atoms with Crippen LogP contribution in [0, 0.1) is 10.1 Å². The molecule has 0 unspecified atom stereocenters. The Morgan fingerprint density at radius 2 is 1.91 bits per heavy atom. The number of anilines is 1. The van der Waals surface area contributed by atoms with Crippen LogP contribution in [0.2, 0.25) is 0 Å². The highest BCUT2D eigenvalue weighted by Crippen LogP contribution is 2.27. The fraction of sp³-hybridized carbons (Fsp3) is 0.400. The molecule has 5 N–H and O–H groups in total. The van der Waals surface area contributed by atoms with Gasteiger partial charge in [-0.2, -0.15) is 0 Å². The van der Waals surface area contributed by atoms with E-state index in [2.05, 4.69) is 20.9 Å². The van der Waals surface area contributed by atoms with Crippen LogP contribution in [0.3, 0.4) is 0 Å². The number of nitro groups is 1. The van der Waals surface area contributed by atoms with Crippen LogP contribution < -0.4 is 16.0 Å². The average Bonchev–Trinajstić information content (AvgIpc) is 3.24. The zero-order chi connectivity index (χ0) is 24.2. The lowest BCUT2D eigenvalue weighted by Crippen LogP contribution is -2.46. The molecule has 13 heteroatoms. The van der Waals surface area contributed by atoms with Gasteiger partial charge in [-0.1, -0.05) is 12.1 Å². The highest BCUT2D eigenvalue weighted by molar-refractivity contribution is 7.14. The highest BCUT2D eigenvalue weighted by Gasteiger charge is 2.20. The molecule has 12 nitrogen and oxygen atoms in total. The van der Waals surface area contributed by atoms with Gasteiger partial charge < -0.3 is 26.2 Å². The summed E-state index contributed by atoms with van der Waals surface area (Å²) in [7, 11) is 0. The van der Waals surface area contributed by atoms with Crippen molar-refractivity contribution in [1.82, 2.24) is 15.6 Å². The van der Waals surface area contributed by atoms with Crippen molar-refractivity contribution in [3.05, 3.63) is 39.8 Å². The van der Waals surface area contributed by atoms with Crippen LogP contribution in [-0.2, 0) is 9.59 Å². The van der Waals surface area contributed by atoms with Gasteiger partial charge >= 0.3 is 18.0 Å². The van der Waals surface area contributed by atoms with Gasteiger partial charge in [-0.3, -0.25) is 14.9 Å². The Kier molecular flexibility index (Phi) is 10.0. The molecule has 0 fully saturated rings. The Hall–Kier alpha value is -3.74. The maximum atomic E-state index is 11.8. The SMILES string of the molecule is O=C(O)CC[C@H](NC(=O)NCCCCCNc1nc(-c2cccc([N+](=O)[O-])c2)cs1)C(=O)O. The third-order valence-electron chi connectivity index (χ3n) is 4.52. The lowest BCUT2D eigenvalue weighted by atomic mass is 10.1. The number of nitro benzene ring substituents is 1. The van der Waals surface area contributed by atoms with Crippen LogP contribution in [0.4, 0.5) is 15.6 Å². The number of aliphatic carboxylic acids is 2. The van der Waals surface area contributed by atoms with Gasteiger partial charge in [0.1, 0.15) is 6.04 Å². The normalized spacial score (nSPS) is 11.4. The van der Waals surface area contributed by atoms with E-state index in [0.29, 0.717) is 35.9 Å². The summed E-state index contributed by atoms with van der Waals surface area (Å²) in [6, 6.07) is 4.38. The molecule has 0 saturated carbocycles. The Labute approximate surface area is 193 Å². The van der Waals surface area contributed by atoms with E-state index in [1.165, 1.54) is 23.5 Å². The van der Waals surface area contributed by atoms with E-state index in [1.54, 1.807) is 12.1 Å². The van der Waals surface area contributed by atoms with Crippen molar-refractivity contribution >= 4 is 40.1 Å². The number of carbonyl (C=O) groups is 3. The third kappa shape index (κ3) is 9.11. The van der Waals surface area contributed by atoms with Crippen molar-refractivity contribution in [2.45, 2.75) is 38.1 Å². The topological polar surface area (TPSA) is 184 Å². The van der Waals surface area contributed by atoms with Crippen molar-refractivity contribution in [3.8, 4) is 11.3 Å². The standard InChI is InChI=1S/C20H25N5O7S/c26-17(27)8-7-15(18(28)29)23-19(30)21-9-2-1-3-10-22-20-24-16(12-33-20)13-5-4-6-14(11-13)25(31)32/h4-6,11-12,15H,1-3,7-10H2,(H,22,24)(H,26,27)(H,28,29)(H2,21,23,30)/t15-/m0/s1. The Morgan fingerprint density at radius 3 is 2.61 bits per heavy atom. The summed E-state index contributed by atoms with van der Waals surface area (Å²) in [5, 5.41) is 39.1. The van der Waals surface area contributed by atoms with Gasteiger partial charge in [-0.15, -0.1) is 11.3 Å². The fourth-order valence-corrected chi connectivity index (χ4v) is 3.57. The minimum Gasteiger partial charge on any atom is -0.481 e. The Balaban J connectivity index is 1.63. The van der Waals surface area contributed by atoms with Crippen LogP contribution >= 0.6 is 11.3 Å². The highest BCUT2D eigenvalue weighted by atomic mass is 32.1. The number of nitrogens with one attached hydrogen (secondary N) is 3. The summed E-state index contributed by atoms with van der Waals surface area (Å²) >= 11 is 1.40. The first-order chi connectivity index (χ1) is 15.8. The summed E-state index contributed by atoms with van der Waals surface area (Å²) in [5.74, 6) is -2.41. The van der Waals surface area contributed by atoms with E-state index in [-0.39, 0.29) is 18.5 Å². The first-order valence-electron chi connectivity index (χ1n) is 10.2. The number of urea groups is 1. The van der Waals surface area contributed by atoms with Crippen LogP contribution in [0.5, 0.6) is 0 Å². The number of carbonyl (C=O) groups excluding carboxylic acids is 1. The molecule has 2 amide bonds. The minimum absolute atomic E-state index is 0.0102. The molecule has 2 aromatic rings. The molecule has 0 spiro atoms. The quantitative estimate of drug-likeness (QED) is 0.154. The summed E-state index contributed by atoms with van der Waals surface area (Å²) < 4.78 is 0. The Morgan fingerprint density at radius 1 is 1.15 bits per heavy atom. The molecule has 1 aromatic heterocycles. The summed E-state index contributed by atoms with van der Waals surface area (Å²) in [4.78, 5) is 48.3. The number of hydrogen-bond acceptors (Lipinski definition) is 8. The number of carboxylic acids is 2. The maximum Gasteiger partial charge on any atom is 0.326 e. The number of carboxylic acid groups (broad SMARTS) is 2. The molecule has 0 aliphatic carbocycles. The smallest absolute Gasteiger partial charge is 0.326 e. The Bertz CT molecular complexity index is 981. The van der Waals surface area contributed by atoms with Crippen LogP contribution in [0.1, 0.15) is 32.1 Å². The molecule has 1 atom stereocenters. The second kappa shape index (κ2) is 13.0. The molecule has 0 radical (unpaired) electrons. The van der Waals surface area contributed by atoms with Gasteiger partial charge in [0.05, 0.1) is 10.6 Å². The molecular formula is C20H25N5O7S. The number of hydrogen-bond donors (Lipinski definition) is 5. The first kappa shape index (κ1) is 25.5. The summed E-state index contributed by atoms with van der Waals surface area (Å²) in [6.07, 6.45) is 1.75. The number of thiazole rings is 1. The van der Waals surface area contributed by atoms with Gasteiger partial charge in [0.15, 0.2) is 5.13 Å². The zero-order valence-corrected chi connectivity index (χ0v) is 18.5. The van der Waals surface area contributed by atoms with Gasteiger partial charge in [0, 0.05) is 42.6 Å². The van der Waals surface area contributed by atoms with Crippen LogP contribution in [0.25, 0.3) is 11.3 Å². The fourth-order valence-electron chi connectivity index (χ4n) is 2.82. The summed E-state index contributed by atoms with van der Waals surface area (Å²) in [6.45, 7) is 1.01. The van der Waals surface area contributed by atoms with E-state index < -0.39 is 28.9 Å². The number of non-ortho nitro benzene ring substituents is 1. The van der Waals surface area contributed by atoms with Crippen LogP contribution in [0.15, 0.2) is 29.6 Å². The molecule has 0 saturated heterocycles. The van der Waals surface area contributed by atoms with Crippen molar-refractivity contribution in [3.63, 3.8) is 0 Å². The van der Waals surface area contributed by atoms with Gasteiger partial charge in [0.2, 0.25) is 0 Å². The monoisotopic (exact) mass is 479 g/mol. The number of aromatic nitrogens is 1. The molecule has 0 aliphatic rings. The number of benzene rings is 1. The molecule has 1 aromatic carbocycles. The minimum atomic E-state index is -1.28.